The van der Waals surface area contributed by atoms with Crippen LogP contribution in [0.15, 0.2) is 0 Å². The average molecular weight is 197 g/mol. The fourth-order valence-corrected chi connectivity index (χ4v) is 2.79. The zero-order valence-electron chi connectivity index (χ0n) is 10.0. The molecule has 1 heteroatoms. The van der Waals surface area contributed by atoms with E-state index in [2.05, 4.69) is 19.2 Å². The first-order valence-corrected chi connectivity index (χ1v) is 6.59. The molecule has 2 atom stereocenters. The van der Waals surface area contributed by atoms with Crippen molar-refractivity contribution in [2.45, 2.75) is 58.8 Å². The summed E-state index contributed by atoms with van der Waals surface area (Å²) in [7, 11) is 0. The number of nitrogens with one attached hydrogen (secondary N) is 1. The van der Waals surface area contributed by atoms with E-state index >= 15 is 0 Å². The summed E-state index contributed by atoms with van der Waals surface area (Å²) in [5.74, 6) is 2.06. The maximum Gasteiger partial charge on any atom is -0.00462 e. The van der Waals surface area contributed by atoms with Crippen molar-refractivity contribution in [2.75, 3.05) is 13.1 Å². The highest BCUT2D eigenvalue weighted by Crippen LogP contribution is 2.33. The van der Waals surface area contributed by atoms with E-state index in [1.165, 1.54) is 58.0 Å². The third-order valence-electron chi connectivity index (χ3n) is 3.71. The van der Waals surface area contributed by atoms with Gasteiger partial charge in [-0.05, 0) is 37.8 Å². The molecule has 0 aliphatic heterocycles. The van der Waals surface area contributed by atoms with Crippen LogP contribution in [-0.2, 0) is 0 Å². The highest BCUT2D eigenvalue weighted by atomic mass is 14.8. The van der Waals surface area contributed by atoms with Gasteiger partial charge < -0.3 is 5.32 Å². The molecular weight excluding hydrogens is 170 g/mol. The molecule has 0 amide bonds. The number of hydrogen-bond donors (Lipinski definition) is 1. The fourth-order valence-electron chi connectivity index (χ4n) is 2.79. The molecule has 1 rings (SSSR count). The maximum atomic E-state index is 3.53. The Balaban J connectivity index is 2.13. The van der Waals surface area contributed by atoms with Gasteiger partial charge in [0, 0.05) is 0 Å². The van der Waals surface area contributed by atoms with E-state index in [1.54, 1.807) is 0 Å². The minimum Gasteiger partial charge on any atom is -0.317 e. The molecule has 14 heavy (non-hydrogen) atoms. The molecular formula is C13H27N. The summed E-state index contributed by atoms with van der Waals surface area (Å²) >= 11 is 0. The summed E-state index contributed by atoms with van der Waals surface area (Å²) in [6, 6.07) is 0. The van der Waals surface area contributed by atoms with E-state index in [1.807, 2.05) is 0 Å². The van der Waals surface area contributed by atoms with Crippen LogP contribution in [0.2, 0.25) is 0 Å². The lowest BCUT2D eigenvalue weighted by atomic mass is 9.76. The first-order valence-electron chi connectivity index (χ1n) is 6.59. The second kappa shape index (κ2) is 7.28. The SMILES string of the molecule is CCCNCCC1CCCCC1CC. The van der Waals surface area contributed by atoms with Crippen LogP contribution in [0, 0.1) is 11.8 Å². The minimum absolute atomic E-state index is 1.03. The van der Waals surface area contributed by atoms with Crippen molar-refractivity contribution >= 4 is 0 Å². The number of hydrogen-bond acceptors (Lipinski definition) is 1. The quantitative estimate of drug-likeness (QED) is 0.642. The van der Waals surface area contributed by atoms with Gasteiger partial charge in [0.15, 0.2) is 0 Å². The van der Waals surface area contributed by atoms with Gasteiger partial charge in [0.2, 0.25) is 0 Å². The summed E-state index contributed by atoms with van der Waals surface area (Å²) in [5.41, 5.74) is 0. The van der Waals surface area contributed by atoms with Crippen molar-refractivity contribution < 1.29 is 0 Å². The normalized spacial score (nSPS) is 27.9. The zero-order valence-corrected chi connectivity index (χ0v) is 10.0. The highest BCUT2D eigenvalue weighted by molar-refractivity contribution is 4.75. The lowest BCUT2D eigenvalue weighted by Gasteiger charge is -2.30. The highest BCUT2D eigenvalue weighted by Gasteiger charge is 2.22. The molecule has 84 valence electrons. The predicted octanol–water partition coefficient (Wildman–Crippen LogP) is 3.59. The minimum atomic E-state index is 1.03. The average Bonchev–Trinajstić information content (AvgIpc) is 2.25. The van der Waals surface area contributed by atoms with E-state index in [0.717, 1.165) is 11.8 Å². The smallest absolute Gasteiger partial charge is 0.00462 e. The molecule has 0 bridgehead atoms. The van der Waals surface area contributed by atoms with Crippen molar-refractivity contribution in [3.63, 3.8) is 0 Å². The van der Waals surface area contributed by atoms with Gasteiger partial charge in [-0.3, -0.25) is 0 Å². The monoisotopic (exact) mass is 197 g/mol. The van der Waals surface area contributed by atoms with Crippen LogP contribution in [0.1, 0.15) is 58.8 Å². The lowest BCUT2D eigenvalue weighted by molar-refractivity contribution is 0.216. The summed E-state index contributed by atoms with van der Waals surface area (Å²) in [4.78, 5) is 0. The summed E-state index contributed by atoms with van der Waals surface area (Å²) in [5, 5.41) is 3.53. The van der Waals surface area contributed by atoms with Gasteiger partial charge in [0.05, 0.1) is 0 Å². The first-order chi connectivity index (χ1) is 6.88. The maximum absolute atomic E-state index is 3.53. The van der Waals surface area contributed by atoms with E-state index in [4.69, 9.17) is 0 Å². The standard InChI is InChI=1S/C13H27N/c1-3-10-14-11-9-13-8-6-5-7-12(13)4-2/h12-14H,3-11H2,1-2H3. The van der Waals surface area contributed by atoms with Gasteiger partial charge >= 0.3 is 0 Å². The Hall–Kier alpha value is -0.0400. The van der Waals surface area contributed by atoms with Crippen LogP contribution in [0.25, 0.3) is 0 Å². The van der Waals surface area contributed by atoms with Crippen LogP contribution < -0.4 is 5.32 Å². The van der Waals surface area contributed by atoms with Gasteiger partial charge in [-0.25, -0.2) is 0 Å². The molecule has 2 unspecified atom stereocenters. The summed E-state index contributed by atoms with van der Waals surface area (Å²) in [6.45, 7) is 7.05. The molecule has 0 spiro atoms. The van der Waals surface area contributed by atoms with Crippen LogP contribution in [0.5, 0.6) is 0 Å². The summed E-state index contributed by atoms with van der Waals surface area (Å²) < 4.78 is 0. The van der Waals surface area contributed by atoms with Gasteiger partial charge in [-0.1, -0.05) is 46.0 Å². The molecule has 1 N–H and O–H groups in total. The van der Waals surface area contributed by atoms with Gasteiger partial charge in [0.1, 0.15) is 0 Å². The Morgan fingerprint density at radius 1 is 1.00 bits per heavy atom. The molecule has 0 aromatic rings. The van der Waals surface area contributed by atoms with Crippen LogP contribution >= 0.6 is 0 Å². The molecule has 1 aliphatic rings. The van der Waals surface area contributed by atoms with E-state index in [-0.39, 0.29) is 0 Å². The molecule has 0 aromatic carbocycles. The molecule has 0 heterocycles. The lowest BCUT2D eigenvalue weighted by Crippen LogP contribution is -2.25. The topological polar surface area (TPSA) is 12.0 Å². The Morgan fingerprint density at radius 3 is 2.36 bits per heavy atom. The van der Waals surface area contributed by atoms with Crippen LogP contribution in [0.4, 0.5) is 0 Å². The molecule has 0 aromatic heterocycles. The van der Waals surface area contributed by atoms with Crippen LogP contribution in [-0.4, -0.2) is 13.1 Å². The Morgan fingerprint density at radius 2 is 1.71 bits per heavy atom. The third kappa shape index (κ3) is 4.00. The van der Waals surface area contributed by atoms with E-state index in [9.17, 15) is 0 Å². The Kier molecular flexibility index (Phi) is 6.25. The molecule has 1 saturated carbocycles. The second-order valence-corrected chi connectivity index (χ2v) is 4.75. The van der Waals surface area contributed by atoms with Crippen molar-refractivity contribution in [1.82, 2.24) is 5.32 Å². The summed E-state index contributed by atoms with van der Waals surface area (Å²) in [6.07, 6.45) is 10.0. The molecule has 1 aliphatic carbocycles. The number of rotatable bonds is 6. The van der Waals surface area contributed by atoms with Gasteiger partial charge in [0.25, 0.3) is 0 Å². The largest absolute Gasteiger partial charge is 0.317 e. The van der Waals surface area contributed by atoms with Crippen molar-refractivity contribution in [3.8, 4) is 0 Å². The van der Waals surface area contributed by atoms with Gasteiger partial charge in [-0.15, -0.1) is 0 Å². The Bertz CT molecular complexity index is 133. The molecule has 0 saturated heterocycles. The fraction of sp³-hybridized carbons (Fsp3) is 1.00. The van der Waals surface area contributed by atoms with E-state index in [0.29, 0.717) is 0 Å². The zero-order chi connectivity index (χ0) is 10.2. The predicted molar refractivity (Wildman–Crippen MR) is 63.5 cm³/mol. The second-order valence-electron chi connectivity index (χ2n) is 4.75. The van der Waals surface area contributed by atoms with Crippen molar-refractivity contribution in [2.24, 2.45) is 11.8 Å². The molecule has 1 nitrogen and oxygen atoms in total. The first kappa shape index (κ1) is 12.0. The molecule has 1 fully saturated rings. The molecule has 0 radical (unpaired) electrons. The third-order valence-corrected chi connectivity index (χ3v) is 3.71. The van der Waals surface area contributed by atoms with E-state index < -0.39 is 0 Å². The Labute approximate surface area is 89.7 Å². The van der Waals surface area contributed by atoms with Gasteiger partial charge in [-0.2, -0.15) is 0 Å². The van der Waals surface area contributed by atoms with Crippen molar-refractivity contribution in [3.05, 3.63) is 0 Å². The van der Waals surface area contributed by atoms with Crippen molar-refractivity contribution in [1.29, 1.82) is 0 Å². The van der Waals surface area contributed by atoms with Crippen LogP contribution in [0.3, 0.4) is 0 Å².